The molecule has 1 unspecified atom stereocenters. The summed E-state index contributed by atoms with van der Waals surface area (Å²) in [6.07, 6.45) is 0. The number of ketones is 1. The molecule has 0 spiro atoms. The first-order valence-corrected chi connectivity index (χ1v) is 9.79. The Morgan fingerprint density at radius 1 is 1.00 bits per heavy atom. The van der Waals surface area contributed by atoms with Crippen molar-refractivity contribution in [2.45, 2.75) is 13.0 Å². The summed E-state index contributed by atoms with van der Waals surface area (Å²) in [6, 6.07) is 14.6. The topological polar surface area (TPSA) is 66.8 Å². The van der Waals surface area contributed by atoms with Crippen molar-refractivity contribution in [1.82, 2.24) is 0 Å². The van der Waals surface area contributed by atoms with E-state index in [0.29, 0.717) is 5.69 Å². The summed E-state index contributed by atoms with van der Waals surface area (Å²) < 4.78 is 34.0. The molecule has 1 aliphatic rings. The van der Waals surface area contributed by atoms with Crippen molar-refractivity contribution in [1.29, 1.82) is 0 Å². The third-order valence-electron chi connectivity index (χ3n) is 5.37. The van der Waals surface area contributed by atoms with E-state index in [-0.39, 0.29) is 22.4 Å². The maximum atomic E-state index is 14.9. The number of nitrogens with zero attached hydrogens (tertiary/aromatic N) is 1. The second-order valence-electron chi connectivity index (χ2n) is 7.37. The molecule has 0 saturated carbocycles. The van der Waals surface area contributed by atoms with Crippen LogP contribution < -0.4 is 9.64 Å². The SMILES string of the molecule is COc1ccc(F)cc1/C(O)=C1\C(=O)C(=O)N(c2ccc(C)cc2)C1c1ccccc1F. The van der Waals surface area contributed by atoms with Gasteiger partial charge in [-0.05, 0) is 43.3 Å². The molecule has 1 aliphatic heterocycles. The molecule has 5 nitrogen and oxygen atoms in total. The molecule has 0 radical (unpaired) electrons. The van der Waals surface area contributed by atoms with Crippen molar-refractivity contribution in [3.05, 3.63) is 101 Å². The Kier molecular flexibility index (Phi) is 5.48. The molecule has 1 N–H and O–H groups in total. The zero-order valence-electron chi connectivity index (χ0n) is 17.3. The third-order valence-corrected chi connectivity index (χ3v) is 5.37. The molecule has 0 bridgehead atoms. The van der Waals surface area contributed by atoms with Crippen molar-refractivity contribution in [2.24, 2.45) is 0 Å². The largest absolute Gasteiger partial charge is 0.507 e. The lowest BCUT2D eigenvalue weighted by atomic mass is 9.94. The standard InChI is InChI=1S/C25H19F2NO4/c1-14-7-10-16(11-8-14)28-22(17-5-3-4-6-19(17)27)21(24(30)25(28)31)23(29)18-13-15(26)9-12-20(18)32-2/h3-13,22,29H,1-2H3/b23-21+. The fraction of sp³-hybridized carbons (Fsp3) is 0.120. The predicted molar refractivity (Wildman–Crippen MR) is 115 cm³/mol. The van der Waals surface area contributed by atoms with E-state index in [2.05, 4.69) is 0 Å². The molecule has 0 aliphatic carbocycles. The Labute approximate surface area is 183 Å². The van der Waals surface area contributed by atoms with Crippen LogP contribution in [0.2, 0.25) is 0 Å². The highest BCUT2D eigenvalue weighted by atomic mass is 19.1. The van der Waals surface area contributed by atoms with Crippen LogP contribution in [0.15, 0.2) is 72.3 Å². The van der Waals surface area contributed by atoms with Gasteiger partial charge < -0.3 is 9.84 Å². The molecule has 1 heterocycles. The minimum atomic E-state index is -1.26. The highest BCUT2D eigenvalue weighted by Crippen LogP contribution is 2.44. The Morgan fingerprint density at radius 3 is 2.34 bits per heavy atom. The van der Waals surface area contributed by atoms with Crippen molar-refractivity contribution in [3.8, 4) is 5.75 Å². The van der Waals surface area contributed by atoms with E-state index in [4.69, 9.17) is 4.74 Å². The van der Waals surface area contributed by atoms with E-state index in [1.54, 1.807) is 30.3 Å². The Morgan fingerprint density at radius 2 is 1.69 bits per heavy atom. The molecule has 3 aromatic carbocycles. The molecular formula is C25H19F2NO4. The van der Waals surface area contributed by atoms with E-state index >= 15 is 0 Å². The number of aryl methyl sites for hydroxylation is 1. The molecule has 0 aromatic heterocycles. The molecular weight excluding hydrogens is 416 g/mol. The summed E-state index contributed by atoms with van der Waals surface area (Å²) in [5.41, 5.74) is 0.831. The van der Waals surface area contributed by atoms with Crippen LogP contribution in [0.5, 0.6) is 5.75 Å². The van der Waals surface area contributed by atoms with Gasteiger partial charge in [-0.25, -0.2) is 8.78 Å². The van der Waals surface area contributed by atoms with Gasteiger partial charge >= 0.3 is 0 Å². The van der Waals surface area contributed by atoms with E-state index in [1.807, 2.05) is 6.92 Å². The number of halogens is 2. The average Bonchev–Trinajstić information content (AvgIpc) is 3.04. The van der Waals surface area contributed by atoms with Crippen LogP contribution in [0.1, 0.15) is 22.7 Å². The number of hydrogen-bond donors (Lipinski definition) is 1. The number of aliphatic hydroxyl groups is 1. The summed E-state index contributed by atoms with van der Waals surface area (Å²) in [5, 5.41) is 11.1. The first-order valence-electron chi connectivity index (χ1n) is 9.79. The number of hydrogen-bond acceptors (Lipinski definition) is 4. The van der Waals surface area contributed by atoms with Gasteiger partial charge in [-0.1, -0.05) is 35.9 Å². The average molecular weight is 435 g/mol. The second-order valence-corrected chi connectivity index (χ2v) is 7.37. The number of aliphatic hydroxyl groups excluding tert-OH is 1. The number of carbonyl (C=O) groups is 2. The summed E-state index contributed by atoms with van der Waals surface area (Å²) >= 11 is 0. The number of benzene rings is 3. The van der Waals surface area contributed by atoms with Crippen LogP contribution in [0.4, 0.5) is 14.5 Å². The van der Waals surface area contributed by atoms with Gasteiger partial charge in [0.2, 0.25) is 0 Å². The van der Waals surface area contributed by atoms with E-state index in [1.165, 1.54) is 31.4 Å². The summed E-state index contributed by atoms with van der Waals surface area (Å²) in [4.78, 5) is 27.3. The van der Waals surface area contributed by atoms with E-state index < -0.39 is 35.1 Å². The van der Waals surface area contributed by atoms with E-state index in [0.717, 1.165) is 22.6 Å². The Balaban J connectivity index is 2.01. The highest BCUT2D eigenvalue weighted by molar-refractivity contribution is 6.51. The van der Waals surface area contributed by atoms with Crippen LogP contribution in [-0.2, 0) is 9.59 Å². The first-order chi connectivity index (χ1) is 15.3. The molecule has 1 saturated heterocycles. The maximum Gasteiger partial charge on any atom is 0.300 e. The van der Waals surface area contributed by atoms with Crippen molar-refractivity contribution < 1.29 is 28.2 Å². The van der Waals surface area contributed by atoms with Gasteiger partial charge in [0.25, 0.3) is 11.7 Å². The van der Waals surface area contributed by atoms with E-state index in [9.17, 15) is 23.5 Å². The maximum absolute atomic E-state index is 14.9. The van der Waals surface area contributed by atoms with Gasteiger partial charge in [0, 0.05) is 11.3 Å². The Hall–Kier alpha value is -4.00. The van der Waals surface area contributed by atoms with Gasteiger partial charge in [0.05, 0.1) is 24.3 Å². The summed E-state index contributed by atoms with van der Waals surface area (Å²) in [7, 11) is 1.32. The number of anilines is 1. The normalized spacial score (nSPS) is 17.6. The van der Waals surface area contributed by atoms with Gasteiger partial charge in [0.1, 0.15) is 23.1 Å². The number of amides is 1. The monoisotopic (exact) mass is 435 g/mol. The molecule has 1 amide bonds. The number of methoxy groups -OCH3 is 1. The van der Waals surface area contributed by atoms with Crippen LogP contribution in [-0.4, -0.2) is 23.9 Å². The van der Waals surface area contributed by atoms with Crippen LogP contribution >= 0.6 is 0 Å². The molecule has 32 heavy (non-hydrogen) atoms. The lowest BCUT2D eigenvalue weighted by Crippen LogP contribution is -2.29. The van der Waals surface area contributed by atoms with Gasteiger partial charge in [-0.15, -0.1) is 0 Å². The fourth-order valence-electron chi connectivity index (χ4n) is 3.81. The molecule has 1 fully saturated rings. The number of ether oxygens (including phenoxy) is 1. The lowest BCUT2D eigenvalue weighted by Gasteiger charge is -2.26. The number of carbonyl (C=O) groups excluding carboxylic acids is 2. The first kappa shape index (κ1) is 21.2. The van der Waals surface area contributed by atoms with Crippen molar-refractivity contribution in [2.75, 3.05) is 12.0 Å². The highest BCUT2D eigenvalue weighted by Gasteiger charge is 2.48. The van der Waals surface area contributed by atoms with Gasteiger partial charge in [-0.3, -0.25) is 14.5 Å². The molecule has 162 valence electrons. The second kappa shape index (κ2) is 8.26. The van der Waals surface area contributed by atoms with Crippen molar-refractivity contribution >= 4 is 23.1 Å². The molecule has 4 rings (SSSR count). The predicted octanol–water partition coefficient (Wildman–Crippen LogP) is 4.91. The van der Waals surface area contributed by atoms with Crippen LogP contribution in [0.3, 0.4) is 0 Å². The molecule has 1 atom stereocenters. The lowest BCUT2D eigenvalue weighted by molar-refractivity contribution is -0.132. The Bertz CT molecular complexity index is 1250. The quantitative estimate of drug-likeness (QED) is 0.359. The van der Waals surface area contributed by atoms with Crippen LogP contribution in [0.25, 0.3) is 5.76 Å². The summed E-state index contributed by atoms with van der Waals surface area (Å²) in [5.74, 6) is -3.84. The van der Waals surface area contributed by atoms with Crippen LogP contribution in [0, 0.1) is 18.6 Å². The zero-order valence-corrected chi connectivity index (χ0v) is 17.3. The minimum Gasteiger partial charge on any atom is -0.507 e. The number of Topliss-reactive ketones (excluding diaryl/α,β-unsaturated/α-hetero) is 1. The smallest absolute Gasteiger partial charge is 0.300 e. The number of rotatable bonds is 4. The van der Waals surface area contributed by atoms with Crippen molar-refractivity contribution in [3.63, 3.8) is 0 Å². The van der Waals surface area contributed by atoms with Gasteiger partial charge in [-0.2, -0.15) is 0 Å². The minimum absolute atomic E-state index is 0.0178. The fourth-order valence-corrected chi connectivity index (χ4v) is 3.81. The van der Waals surface area contributed by atoms with Gasteiger partial charge in [0.15, 0.2) is 0 Å². The zero-order chi connectivity index (χ0) is 23.0. The summed E-state index contributed by atoms with van der Waals surface area (Å²) in [6.45, 7) is 1.86. The third kappa shape index (κ3) is 3.51. The molecule has 7 heteroatoms. The molecule has 3 aromatic rings.